The van der Waals surface area contributed by atoms with Crippen molar-refractivity contribution in [3.05, 3.63) is 60.2 Å². The lowest BCUT2D eigenvalue weighted by molar-refractivity contribution is 0.0950. The smallest absolute Gasteiger partial charge is 0.264 e. The van der Waals surface area contributed by atoms with E-state index in [2.05, 4.69) is 10.6 Å². The van der Waals surface area contributed by atoms with Gasteiger partial charge in [-0.15, -0.1) is 0 Å². The molecule has 0 saturated carbocycles. The van der Waals surface area contributed by atoms with Gasteiger partial charge in [-0.1, -0.05) is 30.3 Å². The highest BCUT2D eigenvalue weighted by atomic mass is 32.2. The molecule has 7 nitrogen and oxygen atoms in total. The molecule has 0 heterocycles. The molecule has 2 aromatic carbocycles. The van der Waals surface area contributed by atoms with E-state index < -0.39 is 15.9 Å². The number of nitrogens with zero attached hydrogens (tertiary/aromatic N) is 1. The molecule has 2 rings (SSSR count). The van der Waals surface area contributed by atoms with Crippen LogP contribution >= 0.6 is 0 Å². The van der Waals surface area contributed by atoms with E-state index in [0.29, 0.717) is 31.9 Å². The summed E-state index contributed by atoms with van der Waals surface area (Å²) in [5.74, 6) is -0.427. The van der Waals surface area contributed by atoms with Crippen molar-refractivity contribution in [1.82, 2.24) is 10.6 Å². The Morgan fingerprint density at radius 2 is 1.67 bits per heavy atom. The van der Waals surface area contributed by atoms with E-state index in [1.807, 2.05) is 6.07 Å². The Morgan fingerprint density at radius 3 is 2.37 bits per heavy atom. The number of ether oxygens (including phenoxy) is 1. The van der Waals surface area contributed by atoms with Gasteiger partial charge >= 0.3 is 0 Å². The van der Waals surface area contributed by atoms with Crippen molar-refractivity contribution >= 4 is 21.6 Å². The molecule has 0 aliphatic carbocycles. The van der Waals surface area contributed by atoms with Gasteiger partial charge in [0.15, 0.2) is 0 Å². The lowest BCUT2D eigenvalue weighted by Crippen LogP contribution is -2.34. The predicted octanol–water partition coefficient (Wildman–Crippen LogP) is 1.48. The zero-order chi connectivity index (χ0) is 19.7. The van der Waals surface area contributed by atoms with E-state index in [4.69, 9.17) is 4.74 Å². The average molecular weight is 391 g/mol. The highest BCUT2D eigenvalue weighted by Crippen LogP contribution is 2.24. The highest BCUT2D eigenvalue weighted by molar-refractivity contribution is 7.92. The van der Waals surface area contributed by atoms with Crippen LogP contribution in [0, 0.1) is 0 Å². The van der Waals surface area contributed by atoms with Crippen LogP contribution in [0.5, 0.6) is 0 Å². The van der Waals surface area contributed by atoms with E-state index >= 15 is 0 Å². The Labute approximate surface area is 160 Å². The van der Waals surface area contributed by atoms with Crippen LogP contribution in [0.3, 0.4) is 0 Å². The minimum Gasteiger partial charge on any atom is -0.383 e. The van der Waals surface area contributed by atoms with Crippen molar-refractivity contribution in [3.63, 3.8) is 0 Å². The maximum atomic E-state index is 13.0. The zero-order valence-electron chi connectivity index (χ0n) is 15.5. The molecule has 0 bridgehead atoms. The van der Waals surface area contributed by atoms with Gasteiger partial charge in [-0.25, -0.2) is 8.42 Å². The van der Waals surface area contributed by atoms with Crippen molar-refractivity contribution in [1.29, 1.82) is 0 Å². The van der Waals surface area contributed by atoms with Gasteiger partial charge < -0.3 is 15.4 Å². The first kappa shape index (κ1) is 20.9. The molecule has 146 valence electrons. The van der Waals surface area contributed by atoms with E-state index in [1.165, 1.54) is 23.5 Å². The number of hydrogen-bond donors (Lipinski definition) is 2. The Bertz CT molecular complexity index is 841. The second kappa shape index (κ2) is 10.1. The summed E-state index contributed by atoms with van der Waals surface area (Å²) >= 11 is 0. The third-order valence-corrected chi connectivity index (χ3v) is 5.80. The van der Waals surface area contributed by atoms with Gasteiger partial charge in [-0.05, 0) is 24.3 Å². The first-order valence-electron chi connectivity index (χ1n) is 8.59. The number of carbonyl (C=O) groups excluding carboxylic acids is 1. The maximum absolute atomic E-state index is 13.0. The number of anilines is 1. The van der Waals surface area contributed by atoms with Crippen LogP contribution < -0.4 is 14.9 Å². The van der Waals surface area contributed by atoms with E-state index in [9.17, 15) is 13.2 Å². The largest absolute Gasteiger partial charge is 0.383 e. The molecule has 27 heavy (non-hydrogen) atoms. The molecule has 8 heteroatoms. The molecule has 0 atom stereocenters. The molecule has 1 amide bonds. The van der Waals surface area contributed by atoms with Crippen LogP contribution in [0.1, 0.15) is 10.4 Å². The molecule has 0 aliphatic heterocycles. The summed E-state index contributed by atoms with van der Waals surface area (Å²) in [6.45, 7) is 2.21. The molecule has 2 aromatic rings. The third-order valence-electron chi connectivity index (χ3n) is 3.96. The van der Waals surface area contributed by atoms with Crippen LogP contribution in [0.15, 0.2) is 59.5 Å². The van der Waals surface area contributed by atoms with Gasteiger partial charge in [0.05, 0.1) is 17.9 Å². The van der Waals surface area contributed by atoms with Crippen LogP contribution in [0.4, 0.5) is 5.69 Å². The van der Waals surface area contributed by atoms with Crippen LogP contribution in [-0.4, -0.2) is 54.7 Å². The highest BCUT2D eigenvalue weighted by Gasteiger charge is 2.26. The summed E-state index contributed by atoms with van der Waals surface area (Å²) in [6, 6.07) is 14.9. The number of benzene rings is 2. The first-order valence-corrected chi connectivity index (χ1v) is 10.0. The monoisotopic (exact) mass is 391 g/mol. The van der Waals surface area contributed by atoms with Gasteiger partial charge in [-0.3, -0.25) is 9.10 Å². The minimum atomic E-state index is -3.87. The first-order chi connectivity index (χ1) is 13.0. The lowest BCUT2D eigenvalue weighted by atomic mass is 10.2. The van der Waals surface area contributed by atoms with Crippen molar-refractivity contribution in [3.8, 4) is 0 Å². The zero-order valence-corrected chi connectivity index (χ0v) is 16.3. The van der Waals surface area contributed by atoms with Crippen LogP contribution in [0.2, 0.25) is 0 Å². The van der Waals surface area contributed by atoms with Gasteiger partial charge in [0.2, 0.25) is 0 Å². The SMILES string of the molecule is COCCNCCNC(=O)c1ccccc1S(=O)(=O)N(C)c1ccccc1. The molecule has 0 radical (unpaired) electrons. The number of hydrogen-bond acceptors (Lipinski definition) is 5. The standard InChI is InChI=1S/C19H25N3O4S/c1-22(16-8-4-3-5-9-16)27(24,25)18-11-7-6-10-17(18)19(23)21-13-12-20-14-15-26-2/h3-11,20H,12-15H2,1-2H3,(H,21,23). The molecule has 0 saturated heterocycles. The lowest BCUT2D eigenvalue weighted by Gasteiger charge is -2.21. The van der Waals surface area contributed by atoms with Gasteiger partial charge in [0.1, 0.15) is 4.90 Å². The maximum Gasteiger partial charge on any atom is 0.264 e. The van der Waals surface area contributed by atoms with E-state index in [-0.39, 0.29) is 10.5 Å². The van der Waals surface area contributed by atoms with Gasteiger partial charge in [0.25, 0.3) is 15.9 Å². The van der Waals surface area contributed by atoms with E-state index in [1.54, 1.807) is 43.5 Å². The topological polar surface area (TPSA) is 87.7 Å². The fraction of sp³-hybridized carbons (Fsp3) is 0.316. The van der Waals surface area contributed by atoms with Crippen LogP contribution in [0.25, 0.3) is 0 Å². The summed E-state index contributed by atoms with van der Waals surface area (Å²) in [5.41, 5.74) is 0.646. The van der Waals surface area contributed by atoms with Crippen LogP contribution in [-0.2, 0) is 14.8 Å². The Kier molecular flexibility index (Phi) is 7.78. The summed E-state index contributed by atoms with van der Waals surface area (Å²) < 4.78 is 32.2. The number of para-hydroxylation sites is 1. The molecular weight excluding hydrogens is 366 g/mol. The van der Waals surface area contributed by atoms with E-state index in [0.717, 1.165) is 0 Å². The Hall–Kier alpha value is -2.42. The fourth-order valence-corrected chi connectivity index (χ4v) is 3.85. The summed E-state index contributed by atoms with van der Waals surface area (Å²) in [5, 5.41) is 5.85. The van der Waals surface area contributed by atoms with Gasteiger partial charge in [0, 0.05) is 33.8 Å². The molecule has 0 unspecified atom stereocenters. The summed E-state index contributed by atoms with van der Waals surface area (Å²) in [4.78, 5) is 12.5. The predicted molar refractivity (Wildman–Crippen MR) is 106 cm³/mol. The number of carbonyl (C=O) groups is 1. The van der Waals surface area contributed by atoms with Crippen molar-refractivity contribution in [2.75, 3.05) is 44.7 Å². The summed E-state index contributed by atoms with van der Waals surface area (Å²) in [7, 11) is -0.780. The molecule has 0 spiro atoms. The molecule has 2 N–H and O–H groups in total. The fourth-order valence-electron chi connectivity index (χ4n) is 2.46. The van der Waals surface area contributed by atoms with Crippen molar-refractivity contribution in [2.24, 2.45) is 0 Å². The number of sulfonamides is 1. The molecular formula is C19H25N3O4S. The number of rotatable bonds is 10. The second-order valence-electron chi connectivity index (χ2n) is 5.80. The Balaban J connectivity index is 2.13. The number of methoxy groups -OCH3 is 1. The molecule has 0 aliphatic rings. The van der Waals surface area contributed by atoms with Crippen molar-refractivity contribution in [2.45, 2.75) is 4.90 Å². The van der Waals surface area contributed by atoms with Gasteiger partial charge in [-0.2, -0.15) is 0 Å². The third kappa shape index (κ3) is 5.53. The molecule has 0 fully saturated rings. The Morgan fingerprint density at radius 1 is 1.00 bits per heavy atom. The number of amides is 1. The number of nitrogens with one attached hydrogen (secondary N) is 2. The quantitative estimate of drug-likeness (QED) is 0.599. The summed E-state index contributed by atoms with van der Waals surface area (Å²) in [6.07, 6.45) is 0. The second-order valence-corrected chi connectivity index (χ2v) is 7.74. The normalized spacial score (nSPS) is 11.2. The molecule has 0 aromatic heterocycles. The average Bonchev–Trinajstić information content (AvgIpc) is 2.70. The van der Waals surface area contributed by atoms with Crippen molar-refractivity contribution < 1.29 is 17.9 Å². The minimum absolute atomic E-state index is 0.0267.